The van der Waals surface area contributed by atoms with Gasteiger partial charge in [-0.25, -0.2) is 14.2 Å². The van der Waals surface area contributed by atoms with Gasteiger partial charge in [0.15, 0.2) is 6.10 Å². The van der Waals surface area contributed by atoms with E-state index in [0.29, 0.717) is 20.8 Å². The molecule has 0 amide bonds. The van der Waals surface area contributed by atoms with Gasteiger partial charge in [-0.05, 0) is 22.9 Å². The highest BCUT2D eigenvalue weighted by Gasteiger charge is 2.27. The Balaban J connectivity index is 1.93. The molecule has 1 N–H and O–H groups in total. The van der Waals surface area contributed by atoms with Crippen molar-refractivity contribution in [2.24, 2.45) is 0 Å². The van der Waals surface area contributed by atoms with Crippen molar-refractivity contribution in [2.75, 3.05) is 47.5 Å². The quantitative estimate of drug-likeness (QED) is 0.282. The molecule has 0 aliphatic carbocycles. The summed E-state index contributed by atoms with van der Waals surface area (Å²) in [5.74, 6) is -1.24. The van der Waals surface area contributed by atoms with Crippen LogP contribution in [0.4, 0.5) is 0 Å². The van der Waals surface area contributed by atoms with Gasteiger partial charge in [0.2, 0.25) is 0 Å². The van der Waals surface area contributed by atoms with E-state index in [1.807, 2.05) is 21.1 Å². The zero-order chi connectivity index (χ0) is 22.2. The lowest BCUT2D eigenvalue weighted by atomic mass is 10.4. The first-order valence-corrected chi connectivity index (χ1v) is 12.2. The SMILES string of the molecule is C[N+](C)(C)CCOP(=O)(O)OCC(COC(=O)c1cccs1)OC(=O)c1cccs1. The van der Waals surface area contributed by atoms with Gasteiger partial charge in [0.05, 0.1) is 27.7 Å². The predicted octanol–water partition coefficient (Wildman–Crippen LogP) is 3.03. The smallest absolute Gasteiger partial charge is 0.457 e. The van der Waals surface area contributed by atoms with Crippen LogP contribution in [0.1, 0.15) is 19.3 Å². The lowest BCUT2D eigenvalue weighted by Gasteiger charge is -2.24. The summed E-state index contributed by atoms with van der Waals surface area (Å²) < 4.78 is 33.0. The fourth-order valence-corrected chi connectivity index (χ4v) is 3.96. The molecule has 0 aromatic carbocycles. The van der Waals surface area contributed by atoms with Crippen LogP contribution < -0.4 is 0 Å². The molecule has 166 valence electrons. The van der Waals surface area contributed by atoms with E-state index in [4.69, 9.17) is 18.5 Å². The molecule has 2 unspecified atom stereocenters. The Labute approximate surface area is 183 Å². The summed E-state index contributed by atoms with van der Waals surface area (Å²) in [6.07, 6.45) is -1.09. The Hall–Kier alpha value is -1.59. The number of phosphoric ester groups is 1. The molecule has 0 fully saturated rings. The van der Waals surface area contributed by atoms with E-state index in [0.717, 1.165) is 0 Å². The second-order valence-electron chi connectivity index (χ2n) is 7.19. The molecule has 2 atom stereocenters. The van der Waals surface area contributed by atoms with Crippen molar-refractivity contribution in [3.63, 3.8) is 0 Å². The predicted molar refractivity (Wildman–Crippen MR) is 113 cm³/mol. The van der Waals surface area contributed by atoms with Gasteiger partial charge in [-0.3, -0.25) is 9.05 Å². The molecule has 30 heavy (non-hydrogen) atoms. The minimum atomic E-state index is -4.37. The number of carbonyl (C=O) groups excluding carboxylic acids is 2. The number of esters is 2. The summed E-state index contributed by atoms with van der Waals surface area (Å²) in [5.41, 5.74) is 0. The first-order chi connectivity index (χ1) is 14.1. The summed E-state index contributed by atoms with van der Waals surface area (Å²) in [6, 6.07) is 6.56. The van der Waals surface area contributed by atoms with Crippen LogP contribution in [-0.4, -0.2) is 74.9 Å². The number of hydrogen-bond acceptors (Lipinski definition) is 9. The average molecular weight is 479 g/mol. The Bertz CT molecular complexity index is 848. The molecule has 9 nitrogen and oxygen atoms in total. The highest BCUT2D eigenvalue weighted by atomic mass is 32.1. The molecule has 0 radical (unpaired) electrons. The zero-order valence-corrected chi connectivity index (χ0v) is 19.4. The van der Waals surface area contributed by atoms with Crippen molar-refractivity contribution in [3.8, 4) is 0 Å². The van der Waals surface area contributed by atoms with Crippen molar-refractivity contribution in [3.05, 3.63) is 44.8 Å². The molecule has 2 aromatic heterocycles. The second kappa shape index (κ2) is 11.1. The fraction of sp³-hybridized carbons (Fsp3) is 0.444. The van der Waals surface area contributed by atoms with Crippen molar-refractivity contribution < 1.29 is 42.1 Å². The van der Waals surface area contributed by atoms with E-state index in [-0.39, 0.29) is 13.2 Å². The number of rotatable bonds is 12. The van der Waals surface area contributed by atoms with Crippen molar-refractivity contribution in [1.82, 2.24) is 0 Å². The van der Waals surface area contributed by atoms with Gasteiger partial charge < -0.3 is 18.9 Å². The van der Waals surface area contributed by atoms with E-state index in [2.05, 4.69) is 0 Å². The fourth-order valence-electron chi connectivity index (χ4n) is 2.00. The second-order valence-corrected chi connectivity index (χ2v) is 10.5. The van der Waals surface area contributed by atoms with Crippen LogP contribution in [0.3, 0.4) is 0 Å². The minimum absolute atomic E-state index is 0.00426. The molecule has 0 spiro atoms. The van der Waals surface area contributed by atoms with Crippen LogP contribution in [0.2, 0.25) is 0 Å². The number of ether oxygens (including phenoxy) is 2. The molecule has 0 bridgehead atoms. The summed E-state index contributed by atoms with van der Waals surface area (Å²) in [4.78, 5) is 34.9. The number of nitrogens with zero attached hydrogens (tertiary/aromatic N) is 1. The van der Waals surface area contributed by atoms with Crippen molar-refractivity contribution >= 4 is 42.4 Å². The van der Waals surface area contributed by atoms with E-state index < -0.39 is 32.5 Å². The first-order valence-electron chi connectivity index (χ1n) is 8.93. The molecule has 2 rings (SSSR count). The standard InChI is InChI=1S/C18H24NO8PS2/c1-19(2,3)8-9-25-28(22,23)26-13-14(27-18(21)16-7-5-11-30-16)12-24-17(20)15-6-4-10-29-15/h4-7,10-11,14H,8-9,12-13H2,1-3H3/p+1. The number of carbonyl (C=O) groups is 2. The van der Waals surface area contributed by atoms with Gasteiger partial charge in [-0.2, -0.15) is 0 Å². The van der Waals surface area contributed by atoms with Crippen LogP contribution in [0.25, 0.3) is 0 Å². The Morgan fingerprint density at radius 3 is 2.17 bits per heavy atom. The maximum atomic E-state index is 12.2. The molecule has 0 aliphatic rings. The third-order valence-electron chi connectivity index (χ3n) is 3.56. The van der Waals surface area contributed by atoms with Crippen molar-refractivity contribution in [1.29, 1.82) is 0 Å². The molecule has 2 aromatic rings. The van der Waals surface area contributed by atoms with Crippen molar-refractivity contribution in [2.45, 2.75) is 6.10 Å². The van der Waals surface area contributed by atoms with E-state index in [9.17, 15) is 19.0 Å². The monoisotopic (exact) mass is 478 g/mol. The Kier molecular flexibility index (Phi) is 9.17. The van der Waals surface area contributed by atoms with E-state index >= 15 is 0 Å². The van der Waals surface area contributed by atoms with Crippen LogP contribution in [-0.2, 0) is 23.1 Å². The number of phosphoric acid groups is 1. The molecule has 12 heteroatoms. The highest BCUT2D eigenvalue weighted by Crippen LogP contribution is 2.43. The summed E-state index contributed by atoms with van der Waals surface area (Å²) in [5, 5.41) is 3.44. The van der Waals surface area contributed by atoms with E-state index in [1.54, 1.807) is 35.0 Å². The van der Waals surface area contributed by atoms with Gasteiger partial charge in [0.25, 0.3) is 0 Å². The summed E-state index contributed by atoms with van der Waals surface area (Å²) in [7, 11) is 1.37. The lowest BCUT2D eigenvalue weighted by molar-refractivity contribution is -0.870. The Morgan fingerprint density at radius 2 is 1.63 bits per heavy atom. The molecule has 2 heterocycles. The maximum absolute atomic E-state index is 12.2. The van der Waals surface area contributed by atoms with Gasteiger partial charge >= 0.3 is 19.8 Å². The van der Waals surface area contributed by atoms with Gasteiger partial charge in [0.1, 0.15) is 29.5 Å². The molecular weight excluding hydrogens is 453 g/mol. The largest absolute Gasteiger partial charge is 0.472 e. The van der Waals surface area contributed by atoms with Gasteiger partial charge in [0, 0.05) is 0 Å². The third kappa shape index (κ3) is 9.05. The molecule has 0 saturated heterocycles. The lowest BCUT2D eigenvalue weighted by Crippen LogP contribution is -2.37. The summed E-state index contributed by atoms with van der Waals surface area (Å²) >= 11 is 2.39. The summed E-state index contributed by atoms with van der Waals surface area (Å²) in [6.45, 7) is -0.326. The highest BCUT2D eigenvalue weighted by molar-refractivity contribution is 7.47. The third-order valence-corrected chi connectivity index (χ3v) is 6.24. The first kappa shape index (κ1) is 24.7. The van der Waals surface area contributed by atoms with Crippen LogP contribution in [0.15, 0.2) is 35.0 Å². The van der Waals surface area contributed by atoms with Crippen LogP contribution >= 0.6 is 30.5 Å². The maximum Gasteiger partial charge on any atom is 0.472 e. The number of likely N-dealkylation sites (N-methyl/N-ethyl adjacent to an activating group) is 1. The molecule has 0 aliphatic heterocycles. The average Bonchev–Trinajstić information content (AvgIpc) is 3.36. The topological polar surface area (TPSA) is 108 Å². The molecule has 0 saturated carbocycles. The number of quaternary nitrogens is 1. The number of thiophene rings is 2. The molecular formula is C18H25NO8PS2+. The van der Waals surface area contributed by atoms with E-state index in [1.165, 1.54) is 22.7 Å². The zero-order valence-electron chi connectivity index (χ0n) is 16.9. The Morgan fingerprint density at radius 1 is 1.03 bits per heavy atom. The van der Waals surface area contributed by atoms with Crippen LogP contribution in [0.5, 0.6) is 0 Å². The van der Waals surface area contributed by atoms with Gasteiger partial charge in [-0.15, -0.1) is 22.7 Å². The van der Waals surface area contributed by atoms with Gasteiger partial charge in [-0.1, -0.05) is 12.1 Å². The normalized spacial score (nSPS) is 14.7. The number of hydrogen-bond donors (Lipinski definition) is 1. The van der Waals surface area contributed by atoms with Crippen LogP contribution in [0, 0.1) is 0 Å². The minimum Gasteiger partial charge on any atom is -0.457 e.